The Labute approximate surface area is 194 Å². The SMILES string of the molecule is COc1ccc(NC(=O)C(c2ccccc2)N(C)S(C)(=O)=O)cc1S(=O)(=O)N1CCOCC1. The number of hydrogen-bond acceptors (Lipinski definition) is 7. The fraction of sp³-hybridized carbons (Fsp3) is 0.381. The van der Waals surface area contributed by atoms with Crippen LogP contribution >= 0.6 is 0 Å². The molecule has 1 fully saturated rings. The van der Waals surface area contributed by atoms with Crippen molar-refractivity contribution in [2.75, 3.05) is 52.0 Å². The number of nitrogens with one attached hydrogen (secondary N) is 1. The highest BCUT2D eigenvalue weighted by Crippen LogP contribution is 2.31. The van der Waals surface area contributed by atoms with Gasteiger partial charge in [0.15, 0.2) is 0 Å². The molecule has 12 heteroatoms. The molecule has 10 nitrogen and oxygen atoms in total. The van der Waals surface area contributed by atoms with Gasteiger partial charge in [0, 0.05) is 25.8 Å². The van der Waals surface area contributed by atoms with E-state index in [4.69, 9.17) is 9.47 Å². The lowest BCUT2D eigenvalue weighted by molar-refractivity contribution is -0.119. The Morgan fingerprint density at radius 2 is 1.73 bits per heavy atom. The summed E-state index contributed by atoms with van der Waals surface area (Å²) in [6.07, 6.45) is 1.01. The number of amides is 1. The van der Waals surface area contributed by atoms with Gasteiger partial charge in [0.25, 0.3) is 0 Å². The minimum atomic E-state index is -3.90. The number of nitrogens with zero attached hydrogens (tertiary/aromatic N) is 2. The Bertz CT molecular complexity index is 1200. The lowest BCUT2D eigenvalue weighted by atomic mass is 10.1. The standard InChI is InChI=1S/C21H27N3O7S2/c1-23(32(3,26)27)20(16-7-5-4-6-8-16)21(25)22-17-9-10-18(30-2)19(15-17)33(28,29)24-11-13-31-14-12-24/h4-10,15,20H,11-14H2,1-3H3,(H,22,25). The third-order valence-electron chi connectivity index (χ3n) is 5.27. The van der Waals surface area contributed by atoms with Crippen LogP contribution in [-0.2, 0) is 29.6 Å². The van der Waals surface area contributed by atoms with Crippen LogP contribution in [0.1, 0.15) is 11.6 Å². The zero-order valence-electron chi connectivity index (χ0n) is 18.6. The first-order valence-electron chi connectivity index (χ1n) is 10.1. The summed E-state index contributed by atoms with van der Waals surface area (Å²) in [5.74, 6) is -0.499. The summed E-state index contributed by atoms with van der Waals surface area (Å²) in [4.78, 5) is 13.1. The second-order valence-electron chi connectivity index (χ2n) is 7.46. The molecule has 1 amide bonds. The van der Waals surface area contributed by atoms with E-state index in [0.717, 1.165) is 10.6 Å². The third kappa shape index (κ3) is 5.71. The minimum Gasteiger partial charge on any atom is -0.495 e. The predicted molar refractivity (Wildman–Crippen MR) is 123 cm³/mol. The molecule has 2 aromatic carbocycles. The lowest BCUT2D eigenvalue weighted by Gasteiger charge is -2.27. The number of carbonyl (C=O) groups is 1. The van der Waals surface area contributed by atoms with Gasteiger partial charge in [0.1, 0.15) is 16.7 Å². The number of carbonyl (C=O) groups excluding carboxylic acids is 1. The number of anilines is 1. The van der Waals surface area contributed by atoms with Gasteiger partial charge in [-0.3, -0.25) is 4.79 Å². The average molecular weight is 498 g/mol. The van der Waals surface area contributed by atoms with E-state index in [9.17, 15) is 21.6 Å². The number of ether oxygens (including phenoxy) is 2. The smallest absolute Gasteiger partial charge is 0.247 e. The molecule has 1 atom stereocenters. The van der Waals surface area contributed by atoms with Crippen molar-refractivity contribution in [1.82, 2.24) is 8.61 Å². The number of rotatable bonds is 8. The number of morpholine rings is 1. The molecule has 1 aliphatic rings. The van der Waals surface area contributed by atoms with E-state index >= 15 is 0 Å². The van der Waals surface area contributed by atoms with Crippen molar-refractivity contribution in [3.05, 3.63) is 54.1 Å². The maximum absolute atomic E-state index is 13.2. The first-order chi connectivity index (χ1) is 15.6. The van der Waals surface area contributed by atoms with Crippen LogP contribution < -0.4 is 10.1 Å². The van der Waals surface area contributed by atoms with Crippen LogP contribution in [0.15, 0.2) is 53.4 Å². The average Bonchev–Trinajstić information content (AvgIpc) is 2.80. The van der Waals surface area contributed by atoms with Crippen molar-refractivity contribution in [3.63, 3.8) is 0 Å². The molecule has 1 heterocycles. The van der Waals surface area contributed by atoms with Gasteiger partial charge in [0.2, 0.25) is 26.0 Å². The van der Waals surface area contributed by atoms with E-state index in [1.54, 1.807) is 30.3 Å². The summed E-state index contributed by atoms with van der Waals surface area (Å²) < 4.78 is 63.5. The van der Waals surface area contributed by atoms with Crippen molar-refractivity contribution in [2.45, 2.75) is 10.9 Å². The van der Waals surface area contributed by atoms with Crippen LogP contribution in [0.5, 0.6) is 5.75 Å². The highest BCUT2D eigenvalue weighted by molar-refractivity contribution is 7.89. The predicted octanol–water partition coefficient (Wildman–Crippen LogP) is 1.29. The van der Waals surface area contributed by atoms with Crippen LogP contribution in [0.25, 0.3) is 0 Å². The van der Waals surface area contributed by atoms with E-state index in [1.807, 2.05) is 0 Å². The molecule has 3 rings (SSSR count). The van der Waals surface area contributed by atoms with Gasteiger partial charge in [0.05, 0.1) is 26.6 Å². The van der Waals surface area contributed by atoms with Crippen molar-refractivity contribution in [3.8, 4) is 5.75 Å². The molecule has 0 aromatic heterocycles. The first-order valence-corrected chi connectivity index (χ1v) is 13.4. The first kappa shape index (κ1) is 25.1. The maximum Gasteiger partial charge on any atom is 0.247 e. The van der Waals surface area contributed by atoms with Crippen molar-refractivity contribution < 1.29 is 31.1 Å². The van der Waals surface area contributed by atoms with Crippen LogP contribution in [0.4, 0.5) is 5.69 Å². The lowest BCUT2D eigenvalue weighted by Crippen LogP contribution is -2.40. The summed E-state index contributed by atoms with van der Waals surface area (Å²) in [5.41, 5.74) is 0.660. The zero-order valence-corrected chi connectivity index (χ0v) is 20.2. The Balaban J connectivity index is 1.96. The monoisotopic (exact) mass is 497 g/mol. The molecule has 1 unspecified atom stereocenters. The highest BCUT2D eigenvalue weighted by atomic mass is 32.2. The quantitative estimate of drug-likeness (QED) is 0.583. The topological polar surface area (TPSA) is 122 Å². The number of benzene rings is 2. The van der Waals surface area contributed by atoms with Gasteiger partial charge in [-0.1, -0.05) is 30.3 Å². The summed E-state index contributed by atoms with van der Waals surface area (Å²) in [6.45, 7) is 0.984. The molecule has 0 bridgehead atoms. The number of methoxy groups -OCH3 is 1. The fourth-order valence-corrected chi connectivity index (χ4v) is 5.64. The second kappa shape index (κ2) is 10.2. The van der Waals surface area contributed by atoms with E-state index < -0.39 is 32.0 Å². The van der Waals surface area contributed by atoms with E-state index in [-0.39, 0.29) is 42.6 Å². The summed E-state index contributed by atoms with van der Waals surface area (Å²) in [5, 5.41) is 2.65. The van der Waals surface area contributed by atoms with Crippen molar-refractivity contribution in [2.24, 2.45) is 0 Å². The van der Waals surface area contributed by atoms with Gasteiger partial charge < -0.3 is 14.8 Å². The maximum atomic E-state index is 13.2. The van der Waals surface area contributed by atoms with Gasteiger partial charge >= 0.3 is 0 Å². The number of hydrogen-bond donors (Lipinski definition) is 1. The molecule has 0 saturated carbocycles. The van der Waals surface area contributed by atoms with Crippen LogP contribution in [-0.4, -0.2) is 78.1 Å². The van der Waals surface area contributed by atoms with Gasteiger partial charge in [-0.15, -0.1) is 0 Å². The molecule has 180 valence electrons. The molecule has 33 heavy (non-hydrogen) atoms. The van der Waals surface area contributed by atoms with Crippen LogP contribution in [0.2, 0.25) is 0 Å². The Morgan fingerprint density at radius 1 is 1.09 bits per heavy atom. The molecule has 1 aliphatic heterocycles. The Kier molecular flexibility index (Phi) is 7.75. The summed E-state index contributed by atoms with van der Waals surface area (Å²) >= 11 is 0. The summed E-state index contributed by atoms with van der Waals surface area (Å²) in [7, 11) is -4.94. The number of likely N-dealkylation sites (N-methyl/N-ethyl adjacent to an activating group) is 1. The molecule has 2 aromatic rings. The highest BCUT2D eigenvalue weighted by Gasteiger charge is 2.32. The molecular formula is C21H27N3O7S2. The van der Waals surface area contributed by atoms with E-state index in [1.165, 1.54) is 36.7 Å². The van der Waals surface area contributed by atoms with Crippen molar-refractivity contribution in [1.29, 1.82) is 0 Å². The van der Waals surface area contributed by atoms with Gasteiger partial charge in [-0.05, 0) is 23.8 Å². The fourth-order valence-electron chi connectivity index (χ4n) is 3.45. The van der Waals surface area contributed by atoms with Crippen LogP contribution in [0, 0.1) is 0 Å². The molecule has 1 N–H and O–H groups in total. The second-order valence-corrected chi connectivity index (χ2v) is 11.4. The van der Waals surface area contributed by atoms with Crippen molar-refractivity contribution >= 4 is 31.6 Å². The minimum absolute atomic E-state index is 0.0996. The largest absolute Gasteiger partial charge is 0.495 e. The van der Waals surface area contributed by atoms with Gasteiger partial charge in [-0.25, -0.2) is 16.8 Å². The van der Waals surface area contributed by atoms with Gasteiger partial charge in [-0.2, -0.15) is 8.61 Å². The Hall–Kier alpha value is -2.51. The van der Waals surface area contributed by atoms with Crippen LogP contribution in [0.3, 0.4) is 0 Å². The molecular weight excluding hydrogens is 470 g/mol. The van der Waals surface area contributed by atoms with E-state index in [0.29, 0.717) is 5.56 Å². The Morgan fingerprint density at radius 3 is 2.30 bits per heavy atom. The normalized spacial score (nSPS) is 16.4. The molecule has 0 radical (unpaired) electrons. The number of sulfonamides is 2. The molecule has 1 saturated heterocycles. The molecule has 0 spiro atoms. The van der Waals surface area contributed by atoms with E-state index in [2.05, 4.69) is 5.32 Å². The summed E-state index contributed by atoms with van der Waals surface area (Å²) in [6, 6.07) is 11.6. The third-order valence-corrected chi connectivity index (χ3v) is 8.45. The zero-order chi connectivity index (χ0) is 24.2. The molecule has 0 aliphatic carbocycles.